The molecule has 4 rings (SSSR count). The largest absolute Gasteiger partial charge is 0.395 e. The number of rotatable bonds is 4. The molecule has 1 atom stereocenters. The Morgan fingerprint density at radius 1 is 1.43 bits per heavy atom. The van der Waals surface area contributed by atoms with Crippen LogP contribution in [0.25, 0.3) is 11.3 Å². The van der Waals surface area contributed by atoms with Crippen LogP contribution in [0.4, 0.5) is 17.3 Å². The summed E-state index contributed by atoms with van der Waals surface area (Å²) in [6, 6.07) is 7.87. The second kappa shape index (κ2) is 6.62. The van der Waals surface area contributed by atoms with Gasteiger partial charge in [0.05, 0.1) is 34.9 Å². The molecule has 0 radical (unpaired) electrons. The molecule has 0 saturated heterocycles. The summed E-state index contributed by atoms with van der Waals surface area (Å²) in [5.74, 6) is 0.454. The van der Waals surface area contributed by atoms with E-state index in [-0.39, 0.29) is 6.61 Å². The number of hydrogen-bond acceptors (Lipinski definition) is 7. The number of nitrogens with zero attached hydrogens (tertiary/aromatic N) is 5. The SMILES string of the molecule is Cc1nn(C)cc1Nc1nccc(-c2cc(C#N)c3c(c2)[C@@](C)(CO)CN3)n1. The third-order valence-electron chi connectivity index (χ3n) is 5.12. The van der Waals surface area contributed by atoms with Crippen LogP contribution in [0.5, 0.6) is 0 Å². The van der Waals surface area contributed by atoms with Crippen LogP contribution in [0.1, 0.15) is 23.7 Å². The molecule has 142 valence electrons. The third-order valence-corrected chi connectivity index (χ3v) is 5.12. The van der Waals surface area contributed by atoms with Crippen molar-refractivity contribution in [3.05, 3.63) is 47.4 Å². The van der Waals surface area contributed by atoms with Crippen LogP contribution in [0.2, 0.25) is 0 Å². The molecule has 0 bridgehead atoms. The maximum atomic E-state index is 9.87. The lowest BCUT2D eigenvalue weighted by molar-refractivity contribution is 0.219. The first-order chi connectivity index (χ1) is 13.4. The minimum Gasteiger partial charge on any atom is -0.395 e. The standard InChI is InChI=1S/C20H21N7O/c1-12-17(9-27(3)26-12)25-19-22-5-4-16(24-19)13-6-14(8-21)18-15(7-13)20(2,11-28)10-23-18/h4-7,9,23,28H,10-11H2,1-3H3,(H,22,24,25)/t20-/m1/s1. The van der Waals surface area contributed by atoms with Gasteiger partial charge < -0.3 is 15.7 Å². The average Bonchev–Trinajstić information content (AvgIpc) is 3.20. The van der Waals surface area contributed by atoms with Crippen molar-refractivity contribution in [2.24, 2.45) is 7.05 Å². The van der Waals surface area contributed by atoms with E-state index in [2.05, 4.69) is 31.8 Å². The zero-order valence-electron chi connectivity index (χ0n) is 16.0. The Balaban J connectivity index is 1.75. The molecule has 3 N–H and O–H groups in total. The van der Waals surface area contributed by atoms with Crippen molar-refractivity contribution in [3.8, 4) is 17.3 Å². The number of aliphatic hydroxyl groups excluding tert-OH is 1. The molecule has 3 aromatic rings. The number of anilines is 3. The first-order valence-corrected chi connectivity index (χ1v) is 8.97. The minimum atomic E-state index is -0.433. The van der Waals surface area contributed by atoms with E-state index in [9.17, 15) is 10.4 Å². The first-order valence-electron chi connectivity index (χ1n) is 8.97. The lowest BCUT2D eigenvalue weighted by Crippen LogP contribution is -2.28. The molecule has 8 heteroatoms. The molecule has 0 saturated carbocycles. The van der Waals surface area contributed by atoms with Gasteiger partial charge in [-0.25, -0.2) is 9.97 Å². The Morgan fingerprint density at radius 2 is 2.25 bits per heavy atom. The lowest BCUT2D eigenvalue weighted by Gasteiger charge is -2.21. The molecule has 1 aliphatic heterocycles. The van der Waals surface area contributed by atoms with Crippen LogP contribution in [0.3, 0.4) is 0 Å². The van der Waals surface area contributed by atoms with Gasteiger partial charge in [0.2, 0.25) is 5.95 Å². The summed E-state index contributed by atoms with van der Waals surface area (Å²) in [6.45, 7) is 4.48. The van der Waals surface area contributed by atoms with E-state index in [1.54, 1.807) is 10.9 Å². The van der Waals surface area contributed by atoms with Gasteiger partial charge >= 0.3 is 0 Å². The fourth-order valence-electron chi connectivity index (χ4n) is 3.49. The van der Waals surface area contributed by atoms with Crippen LogP contribution in [0, 0.1) is 18.3 Å². The molecule has 8 nitrogen and oxygen atoms in total. The van der Waals surface area contributed by atoms with Gasteiger partial charge in [-0.3, -0.25) is 4.68 Å². The maximum absolute atomic E-state index is 9.87. The zero-order valence-corrected chi connectivity index (χ0v) is 16.0. The second-order valence-electron chi connectivity index (χ2n) is 7.32. The van der Waals surface area contributed by atoms with Crippen LogP contribution in [-0.2, 0) is 12.5 Å². The topological polar surface area (TPSA) is 112 Å². The molecule has 1 aromatic carbocycles. The van der Waals surface area contributed by atoms with Gasteiger partial charge in [-0.15, -0.1) is 0 Å². The van der Waals surface area contributed by atoms with Crippen LogP contribution in [-0.4, -0.2) is 38.0 Å². The molecule has 0 fully saturated rings. The van der Waals surface area contributed by atoms with Gasteiger partial charge in [-0.1, -0.05) is 6.92 Å². The number of aryl methyl sites for hydroxylation is 2. The Bertz CT molecular complexity index is 1100. The molecular weight excluding hydrogens is 354 g/mol. The Morgan fingerprint density at radius 3 is 2.93 bits per heavy atom. The fraction of sp³-hybridized carbons (Fsp3) is 0.300. The Labute approximate surface area is 162 Å². The number of aromatic nitrogens is 4. The van der Waals surface area contributed by atoms with Crippen molar-refractivity contribution in [1.82, 2.24) is 19.7 Å². The van der Waals surface area contributed by atoms with Crippen LogP contribution in [0.15, 0.2) is 30.6 Å². The predicted octanol–water partition coefficient (Wildman–Crippen LogP) is 2.48. The first kappa shape index (κ1) is 17.9. The van der Waals surface area contributed by atoms with E-state index in [1.807, 2.05) is 45.3 Å². The smallest absolute Gasteiger partial charge is 0.227 e. The third kappa shape index (κ3) is 2.96. The number of benzene rings is 1. The summed E-state index contributed by atoms with van der Waals surface area (Å²) in [5, 5.41) is 30.2. The van der Waals surface area contributed by atoms with E-state index in [0.717, 1.165) is 28.2 Å². The zero-order chi connectivity index (χ0) is 19.9. The summed E-state index contributed by atoms with van der Waals surface area (Å²) in [5.41, 5.74) is 5.03. The van der Waals surface area contributed by atoms with Gasteiger partial charge in [0.25, 0.3) is 0 Å². The highest BCUT2D eigenvalue weighted by Crippen LogP contribution is 2.41. The van der Waals surface area contributed by atoms with Crippen molar-refractivity contribution < 1.29 is 5.11 Å². The molecule has 0 unspecified atom stereocenters. The monoisotopic (exact) mass is 375 g/mol. The number of fused-ring (bicyclic) bond motifs is 1. The van der Waals surface area contributed by atoms with Crippen LogP contribution < -0.4 is 10.6 Å². The molecule has 2 aromatic heterocycles. The number of nitrogens with one attached hydrogen (secondary N) is 2. The van der Waals surface area contributed by atoms with Crippen molar-refractivity contribution in [2.75, 3.05) is 23.8 Å². The van der Waals surface area contributed by atoms with Gasteiger partial charge in [0.1, 0.15) is 6.07 Å². The highest BCUT2D eigenvalue weighted by atomic mass is 16.3. The van der Waals surface area contributed by atoms with E-state index in [1.165, 1.54) is 0 Å². The lowest BCUT2D eigenvalue weighted by atomic mass is 9.83. The minimum absolute atomic E-state index is 0.00180. The summed E-state index contributed by atoms with van der Waals surface area (Å²) in [4.78, 5) is 8.91. The van der Waals surface area contributed by atoms with E-state index in [4.69, 9.17) is 0 Å². The van der Waals surface area contributed by atoms with E-state index < -0.39 is 5.41 Å². The van der Waals surface area contributed by atoms with Gasteiger partial charge in [-0.05, 0) is 30.7 Å². The van der Waals surface area contributed by atoms with E-state index >= 15 is 0 Å². The number of nitriles is 1. The highest BCUT2D eigenvalue weighted by molar-refractivity contribution is 5.76. The molecular formula is C20H21N7O. The molecule has 1 aliphatic rings. The summed E-state index contributed by atoms with van der Waals surface area (Å²) in [7, 11) is 1.86. The maximum Gasteiger partial charge on any atom is 0.227 e. The van der Waals surface area contributed by atoms with E-state index in [0.29, 0.717) is 23.8 Å². The van der Waals surface area contributed by atoms with Crippen molar-refractivity contribution in [1.29, 1.82) is 5.26 Å². The van der Waals surface area contributed by atoms with Crippen molar-refractivity contribution in [3.63, 3.8) is 0 Å². The number of hydrogen-bond donors (Lipinski definition) is 3. The molecule has 3 heterocycles. The average molecular weight is 375 g/mol. The molecule has 0 spiro atoms. The number of aliphatic hydroxyl groups is 1. The Hall–Kier alpha value is -3.44. The quantitative estimate of drug-likeness (QED) is 0.642. The fourth-order valence-corrected chi connectivity index (χ4v) is 3.49. The normalized spacial score (nSPS) is 17.7. The highest BCUT2D eigenvalue weighted by Gasteiger charge is 2.35. The van der Waals surface area contributed by atoms with Crippen LogP contribution >= 0.6 is 0 Å². The molecule has 28 heavy (non-hydrogen) atoms. The second-order valence-corrected chi connectivity index (χ2v) is 7.32. The van der Waals surface area contributed by atoms with Gasteiger partial charge in [0, 0.05) is 37.0 Å². The summed E-state index contributed by atoms with van der Waals surface area (Å²) < 4.78 is 1.73. The van der Waals surface area contributed by atoms with Crippen molar-refractivity contribution in [2.45, 2.75) is 19.3 Å². The summed E-state index contributed by atoms with van der Waals surface area (Å²) >= 11 is 0. The molecule has 0 aliphatic carbocycles. The Kier molecular flexibility index (Phi) is 4.24. The van der Waals surface area contributed by atoms with Gasteiger partial charge in [0.15, 0.2) is 0 Å². The molecule has 0 amide bonds. The van der Waals surface area contributed by atoms with Crippen molar-refractivity contribution >= 4 is 17.3 Å². The van der Waals surface area contributed by atoms with Gasteiger partial charge in [-0.2, -0.15) is 10.4 Å². The summed E-state index contributed by atoms with van der Waals surface area (Å²) in [6.07, 6.45) is 3.55. The predicted molar refractivity (Wildman–Crippen MR) is 106 cm³/mol.